The van der Waals surface area contributed by atoms with Crippen molar-refractivity contribution in [3.63, 3.8) is 0 Å². The Hall–Kier alpha value is -3.12. The quantitative estimate of drug-likeness (QED) is 0.658. The van der Waals surface area contributed by atoms with Crippen LogP contribution in [0.2, 0.25) is 5.02 Å². The van der Waals surface area contributed by atoms with E-state index in [1.54, 1.807) is 23.0 Å². The van der Waals surface area contributed by atoms with E-state index in [4.69, 9.17) is 11.6 Å². The second-order valence-corrected chi connectivity index (χ2v) is 7.52. The molecule has 3 aromatic rings. The molecule has 2 amide bonds. The number of aryl methyl sites for hydroxylation is 1. The third-order valence-corrected chi connectivity index (χ3v) is 5.33. The van der Waals surface area contributed by atoms with Gasteiger partial charge < -0.3 is 10.6 Å². The lowest BCUT2D eigenvalue weighted by molar-refractivity contribution is -0.125. The van der Waals surface area contributed by atoms with Crippen molar-refractivity contribution < 1.29 is 9.59 Å². The molecule has 0 aliphatic carbocycles. The van der Waals surface area contributed by atoms with Crippen LogP contribution in [-0.4, -0.2) is 21.6 Å². The van der Waals surface area contributed by atoms with Gasteiger partial charge in [0.1, 0.15) is 5.82 Å². The number of nitrogens with zero attached hydrogens (tertiary/aromatic N) is 2. The molecule has 0 spiro atoms. The van der Waals surface area contributed by atoms with Crippen molar-refractivity contribution in [2.24, 2.45) is 5.92 Å². The Bertz CT molecular complexity index is 1040. The highest BCUT2D eigenvalue weighted by Gasteiger charge is 2.30. The first-order chi connectivity index (χ1) is 14.0. The van der Waals surface area contributed by atoms with Crippen molar-refractivity contribution in [3.05, 3.63) is 65.3 Å². The van der Waals surface area contributed by atoms with E-state index in [0.717, 1.165) is 23.2 Å². The SMILES string of the molecule is CCc1ccc(NC(=O)CC2Cn3ncc(-c4ccc(Cl)cc4)c3NC2=O)cc1. The number of rotatable bonds is 5. The van der Waals surface area contributed by atoms with Gasteiger partial charge in [-0.15, -0.1) is 0 Å². The first kappa shape index (κ1) is 19.2. The summed E-state index contributed by atoms with van der Waals surface area (Å²) < 4.78 is 1.74. The Labute approximate surface area is 173 Å². The first-order valence-electron chi connectivity index (χ1n) is 9.55. The van der Waals surface area contributed by atoms with Crippen LogP contribution < -0.4 is 10.6 Å². The summed E-state index contributed by atoms with van der Waals surface area (Å²) in [6.45, 7) is 2.44. The van der Waals surface area contributed by atoms with Gasteiger partial charge in [0.2, 0.25) is 11.8 Å². The molecule has 2 heterocycles. The summed E-state index contributed by atoms with van der Waals surface area (Å²) in [7, 11) is 0. The molecule has 1 aliphatic heterocycles. The molecule has 0 saturated heterocycles. The zero-order valence-corrected chi connectivity index (χ0v) is 16.7. The maximum Gasteiger partial charge on any atom is 0.231 e. The highest BCUT2D eigenvalue weighted by molar-refractivity contribution is 6.30. The van der Waals surface area contributed by atoms with E-state index in [9.17, 15) is 9.59 Å². The Balaban J connectivity index is 1.44. The molecule has 148 valence electrons. The van der Waals surface area contributed by atoms with Crippen LogP contribution in [0.1, 0.15) is 18.9 Å². The van der Waals surface area contributed by atoms with Crippen molar-refractivity contribution >= 4 is 34.9 Å². The van der Waals surface area contributed by atoms with Crippen LogP contribution in [0.3, 0.4) is 0 Å². The fraction of sp³-hybridized carbons (Fsp3) is 0.227. The summed E-state index contributed by atoms with van der Waals surface area (Å²) in [6, 6.07) is 15.1. The van der Waals surface area contributed by atoms with Gasteiger partial charge in [-0.1, -0.05) is 42.8 Å². The third kappa shape index (κ3) is 4.17. The van der Waals surface area contributed by atoms with Crippen LogP contribution >= 0.6 is 11.6 Å². The largest absolute Gasteiger partial charge is 0.326 e. The summed E-state index contributed by atoms with van der Waals surface area (Å²) in [6.07, 6.45) is 2.76. The molecule has 2 N–H and O–H groups in total. The molecule has 1 aliphatic rings. The molecule has 1 aromatic heterocycles. The molecule has 6 nitrogen and oxygen atoms in total. The molecule has 4 rings (SSSR count). The number of nitrogens with one attached hydrogen (secondary N) is 2. The molecule has 29 heavy (non-hydrogen) atoms. The number of amides is 2. The average molecular weight is 409 g/mol. The van der Waals surface area contributed by atoms with Crippen molar-refractivity contribution in [2.45, 2.75) is 26.3 Å². The maximum absolute atomic E-state index is 12.6. The predicted octanol–water partition coefficient (Wildman–Crippen LogP) is 4.36. The fourth-order valence-corrected chi connectivity index (χ4v) is 3.55. The van der Waals surface area contributed by atoms with Gasteiger partial charge in [-0.25, -0.2) is 4.68 Å². The van der Waals surface area contributed by atoms with Crippen molar-refractivity contribution in [1.29, 1.82) is 0 Å². The lowest BCUT2D eigenvalue weighted by Gasteiger charge is -2.24. The minimum absolute atomic E-state index is 0.0942. The molecule has 2 aromatic carbocycles. The summed E-state index contributed by atoms with van der Waals surface area (Å²) in [5, 5.41) is 10.8. The molecular formula is C22H21ClN4O2. The Kier molecular flexibility index (Phi) is 5.36. The van der Waals surface area contributed by atoms with Gasteiger partial charge in [0, 0.05) is 22.7 Å². The second-order valence-electron chi connectivity index (χ2n) is 7.08. The first-order valence-corrected chi connectivity index (χ1v) is 9.92. The van der Waals surface area contributed by atoms with Gasteiger partial charge in [0.15, 0.2) is 0 Å². The monoisotopic (exact) mass is 408 g/mol. The van der Waals surface area contributed by atoms with Crippen molar-refractivity contribution in [2.75, 3.05) is 10.6 Å². The van der Waals surface area contributed by atoms with Gasteiger partial charge >= 0.3 is 0 Å². The number of hydrogen-bond donors (Lipinski definition) is 2. The summed E-state index contributed by atoms with van der Waals surface area (Å²) in [4.78, 5) is 25.0. The average Bonchev–Trinajstić information content (AvgIpc) is 3.12. The maximum atomic E-state index is 12.6. The lowest BCUT2D eigenvalue weighted by Crippen LogP contribution is -2.36. The lowest BCUT2D eigenvalue weighted by atomic mass is 10.0. The number of halogens is 1. The number of hydrogen-bond acceptors (Lipinski definition) is 3. The van der Waals surface area contributed by atoms with Gasteiger partial charge in [0.25, 0.3) is 0 Å². The predicted molar refractivity (Wildman–Crippen MR) is 114 cm³/mol. The Morgan fingerprint density at radius 2 is 1.93 bits per heavy atom. The minimum Gasteiger partial charge on any atom is -0.326 e. The van der Waals surface area contributed by atoms with Crippen LogP contribution in [0, 0.1) is 5.92 Å². The summed E-state index contributed by atoms with van der Waals surface area (Å²) in [5.74, 6) is -0.202. The zero-order chi connectivity index (χ0) is 20.4. The van der Waals surface area contributed by atoms with E-state index < -0.39 is 5.92 Å². The van der Waals surface area contributed by atoms with E-state index >= 15 is 0 Å². The van der Waals surface area contributed by atoms with Gasteiger partial charge in [-0.05, 0) is 41.8 Å². The number of fused-ring (bicyclic) bond motifs is 1. The van der Waals surface area contributed by atoms with Gasteiger partial charge in [-0.2, -0.15) is 5.10 Å². The van der Waals surface area contributed by atoms with E-state index in [0.29, 0.717) is 17.4 Å². The van der Waals surface area contributed by atoms with Gasteiger partial charge in [0.05, 0.1) is 18.7 Å². The highest BCUT2D eigenvalue weighted by atomic mass is 35.5. The molecule has 7 heteroatoms. The summed E-state index contributed by atoms with van der Waals surface area (Å²) in [5.41, 5.74) is 3.68. The van der Waals surface area contributed by atoms with Crippen LogP contribution in [0.5, 0.6) is 0 Å². The number of aromatic nitrogens is 2. The van der Waals surface area contributed by atoms with Crippen molar-refractivity contribution in [1.82, 2.24) is 9.78 Å². The summed E-state index contributed by atoms with van der Waals surface area (Å²) >= 11 is 5.95. The number of carbonyl (C=O) groups excluding carboxylic acids is 2. The minimum atomic E-state index is -0.476. The van der Waals surface area contributed by atoms with Crippen LogP contribution in [0.15, 0.2) is 54.7 Å². The smallest absolute Gasteiger partial charge is 0.231 e. The van der Waals surface area contributed by atoms with E-state index in [1.165, 1.54) is 5.56 Å². The number of carbonyl (C=O) groups is 2. The van der Waals surface area contributed by atoms with E-state index in [2.05, 4.69) is 22.7 Å². The Morgan fingerprint density at radius 3 is 2.62 bits per heavy atom. The molecule has 0 fully saturated rings. The van der Waals surface area contributed by atoms with Crippen LogP contribution in [0.25, 0.3) is 11.1 Å². The molecule has 0 saturated carbocycles. The number of benzene rings is 2. The fourth-order valence-electron chi connectivity index (χ4n) is 3.42. The Morgan fingerprint density at radius 1 is 1.21 bits per heavy atom. The molecule has 1 unspecified atom stereocenters. The number of anilines is 2. The molecule has 0 bridgehead atoms. The standard InChI is InChI=1S/C22H21ClN4O2/c1-2-14-3-9-18(10-4-14)25-20(28)11-16-13-27-21(26-22(16)29)19(12-24-27)15-5-7-17(23)8-6-15/h3-10,12,16H,2,11,13H2,1H3,(H,25,28)(H,26,29). The second kappa shape index (κ2) is 8.09. The van der Waals surface area contributed by atoms with Crippen LogP contribution in [-0.2, 0) is 22.6 Å². The van der Waals surface area contributed by atoms with Crippen LogP contribution in [0.4, 0.5) is 11.5 Å². The molecule has 1 atom stereocenters. The third-order valence-electron chi connectivity index (χ3n) is 5.08. The topological polar surface area (TPSA) is 76.0 Å². The van der Waals surface area contributed by atoms with E-state index in [1.807, 2.05) is 36.4 Å². The highest BCUT2D eigenvalue weighted by Crippen LogP contribution is 2.32. The van der Waals surface area contributed by atoms with Gasteiger partial charge in [-0.3, -0.25) is 9.59 Å². The van der Waals surface area contributed by atoms with E-state index in [-0.39, 0.29) is 18.2 Å². The molecular weight excluding hydrogens is 388 g/mol. The molecule has 0 radical (unpaired) electrons. The van der Waals surface area contributed by atoms with Crippen molar-refractivity contribution in [3.8, 4) is 11.1 Å². The zero-order valence-electron chi connectivity index (χ0n) is 16.0. The normalized spacial score (nSPS) is 15.5.